The van der Waals surface area contributed by atoms with Crippen LogP contribution in [-0.4, -0.2) is 12.2 Å². The van der Waals surface area contributed by atoms with Gasteiger partial charge in [0.1, 0.15) is 0 Å². The number of hydrogen-bond acceptors (Lipinski definition) is 4. The zero-order chi connectivity index (χ0) is 11.1. The first-order valence-corrected chi connectivity index (χ1v) is 4.22. The van der Waals surface area contributed by atoms with E-state index in [2.05, 4.69) is 20.8 Å². The quantitative estimate of drug-likeness (QED) is 0.524. The van der Waals surface area contributed by atoms with Crippen LogP contribution in [0.5, 0.6) is 0 Å². The summed E-state index contributed by atoms with van der Waals surface area (Å²) in [5.74, 6) is 0.949. The summed E-state index contributed by atoms with van der Waals surface area (Å²) in [6.45, 7) is 6.80. The average molecular weight is 186 g/mol. The first-order valence-electron chi connectivity index (χ1n) is 4.22. The van der Waals surface area contributed by atoms with Crippen LogP contribution in [0.2, 0.25) is 0 Å². The van der Waals surface area contributed by atoms with Gasteiger partial charge in [-0.1, -0.05) is 40.0 Å². The maximum atomic E-state index is 8.35. The van der Waals surface area contributed by atoms with Crippen LogP contribution in [0.3, 0.4) is 0 Å². The molecule has 0 aromatic carbocycles. The van der Waals surface area contributed by atoms with Crippen molar-refractivity contribution in [2.75, 3.05) is 0 Å². The monoisotopic (exact) mass is 186 g/mol. The Kier molecular flexibility index (Phi) is 30.6. The highest BCUT2D eigenvalue weighted by molar-refractivity contribution is 5.26. The van der Waals surface area contributed by atoms with Crippen molar-refractivity contribution < 1.29 is 9.59 Å². The Labute approximate surface area is 79.4 Å². The number of carbonyl (C=O) groups excluding carboxylic acids is 2. The van der Waals surface area contributed by atoms with Crippen LogP contribution >= 0.6 is 0 Å². The van der Waals surface area contributed by atoms with Gasteiger partial charge in [0.25, 0.3) is 0 Å². The summed E-state index contributed by atoms with van der Waals surface area (Å²) in [6, 6.07) is 0. The molecule has 0 saturated carbocycles. The first kappa shape index (κ1) is 17.7. The molecule has 0 rings (SSSR count). The maximum Gasteiger partial charge on any atom is 0.231 e. The van der Waals surface area contributed by atoms with Crippen molar-refractivity contribution in [1.82, 2.24) is 0 Å². The van der Waals surface area contributed by atoms with E-state index < -0.39 is 0 Å². The molecule has 0 radical (unpaired) electrons. The standard InChI is InChI=1S/C7H16.2CHNO/c1-4-6-7(3)5-2;2*2-1-3/h7H,4-6H2,1-3H3;2*2H. The lowest BCUT2D eigenvalue weighted by Gasteiger charge is -2.02. The molecule has 2 N–H and O–H groups in total. The lowest BCUT2D eigenvalue weighted by Crippen LogP contribution is -1.88. The molecule has 0 saturated heterocycles. The van der Waals surface area contributed by atoms with Crippen LogP contribution < -0.4 is 0 Å². The highest BCUT2D eigenvalue weighted by Gasteiger charge is 1.92. The van der Waals surface area contributed by atoms with Gasteiger partial charge in [-0.2, -0.15) is 0 Å². The van der Waals surface area contributed by atoms with Gasteiger partial charge in [0.2, 0.25) is 12.2 Å². The van der Waals surface area contributed by atoms with Crippen LogP contribution in [0.25, 0.3) is 0 Å². The van der Waals surface area contributed by atoms with E-state index in [-0.39, 0.29) is 0 Å². The summed E-state index contributed by atoms with van der Waals surface area (Å²) in [7, 11) is 0. The van der Waals surface area contributed by atoms with Gasteiger partial charge >= 0.3 is 0 Å². The molecule has 4 heteroatoms. The van der Waals surface area contributed by atoms with Crippen LogP contribution in [-0.2, 0) is 9.59 Å². The molecule has 0 spiro atoms. The normalized spacial score (nSPS) is 8.85. The molecule has 0 fully saturated rings. The van der Waals surface area contributed by atoms with Gasteiger partial charge < -0.3 is 0 Å². The van der Waals surface area contributed by atoms with Crippen LogP contribution in [0.15, 0.2) is 0 Å². The SMILES string of the molecule is CCCC(C)CC.N=C=O.N=C=O. The van der Waals surface area contributed by atoms with Crippen molar-refractivity contribution in [3.8, 4) is 0 Å². The Morgan fingerprint density at radius 3 is 1.54 bits per heavy atom. The summed E-state index contributed by atoms with van der Waals surface area (Å²) in [6.07, 6.45) is 5.58. The first-order chi connectivity index (χ1) is 6.14. The highest BCUT2D eigenvalue weighted by atomic mass is 16.1. The van der Waals surface area contributed by atoms with Gasteiger partial charge in [0, 0.05) is 0 Å². The van der Waals surface area contributed by atoms with Crippen LogP contribution in [0.4, 0.5) is 0 Å². The van der Waals surface area contributed by atoms with E-state index in [0.717, 1.165) is 18.1 Å². The number of nitrogens with one attached hydrogen (secondary N) is 2. The van der Waals surface area contributed by atoms with Gasteiger partial charge in [-0.05, 0) is 5.92 Å². The molecule has 4 nitrogen and oxygen atoms in total. The molecule has 13 heavy (non-hydrogen) atoms. The van der Waals surface area contributed by atoms with Gasteiger partial charge in [-0.25, -0.2) is 20.4 Å². The van der Waals surface area contributed by atoms with Crippen molar-refractivity contribution in [3.05, 3.63) is 0 Å². The zero-order valence-electron chi connectivity index (χ0n) is 8.52. The smallest absolute Gasteiger partial charge is 0.222 e. The third-order valence-corrected chi connectivity index (χ3v) is 1.48. The summed E-state index contributed by atoms with van der Waals surface area (Å²) in [4.78, 5) is 16.7. The van der Waals surface area contributed by atoms with Crippen LogP contribution in [0, 0.1) is 16.7 Å². The number of hydrogen-bond donors (Lipinski definition) is 2. The minimum Gasteiger partial charge on any atom is -0.222 e. The van der Waals surface area contributed by atoms with Gasteiger partial charge in [-0.15, -0.1) is 0 Å². The lowest BCUT2D eigenvalue weighted by atomic mass is 10.0. The van der Waals surface area contributed by atoms with Crippen molar-refractivity contribution >= 4 is 12.2 Å². The largest absolute Gasteiger partial charge is 0.231 e. The van der Waals surface area contributed by atoms with Crippen LogP contribution in [0.1, 0.15) is 40.0 Å². The second-order valence-electron chi connectivity index (χ2n) is 2.51. The van der Waals surface area contributed by atoms with E-state index in [4.69, 9.17) is 20.4 Å². The number of isocyanates is 2. The van der Waals surface area contributed by atoms with E-state index in [1.807, 2.05) is 0 Å². The second kappa shape index (κ2) is 22.4. The molecule has 1 atom stereocenters. The molecule has 0 aliphatic carbocycles. The van der Waals surface area contributed by atoms with E-state index in [1.165, 1.54) is 19.3 Å². The fraction of sp³-hybridized carbons (Fsp3) is 0.778. The predicted octanol–water partition coefficient (Wildman–Crippen LogP) is 2.63. The Bertz CT molecular complexity index is 134. The molecule has 0 aromatic rings. The maximum absolute atomic E-state index is 8.35. The third kappa shape index (κ3) is 58.4. The predicted molar refractivity (Wildman–Crippen MR) is 51.2 cm³/mol. The fourth-order valence-corrected chi connectivity index (χ4v) is 0.697. The van der Waals surface area contributed by atoms with E-state index in [9.17, 15) is 0 Å². The summed E-state index contributed by atoms with van der Waals surface area (Å²) in [5.41, 5.74) is 0. The van der Waals surface area contributed by atoms with Crippen molar-refractivity contribution in [1.29, 1.82) is 10.8 Å². The molecule has 1 unspecified atom stereocenters. The Hall–Kier alpha value is -1.24. The second-order valence-corrected chi connectivity index (χ2v) is 2.51. The van der Waals surface area contributed by atoms with E-state index in [0.29, 0.717) is 0 Å². The fourth-order valence-electron chi connectivity index (χ4n) is 0.697. The van der Waals surface area contributed by atoms with Crippen molar-refractivity contribution in [2.24, 2.45) is 5.92 Å². The van der Waals surface area contributed by atoms with Gasteiger partial charge in [-0.3, -0.25) is 0 Å². The molecule has 0 heterocycles. The molecule has 0 bridgehead atoms. The Morgan fingerprint density at radius 2 is 1.46 bits per heavy atom. The van der Waals surface area contributed by atoms with Crippen molar-refractivity contribution in [3.63, 3.8) is 0 Å². The molecular formula is C9H18N2O2. The lowest BCUT2D eigenvalue weighted by molar-refractivity contribution is 0.509. The Morgan fingerprint density at radius 1 is 1.15 bits per heavy atom. The minimum absolute atomic E-state index is 0.750. The molecule has 76 valence electrons. The summed E-state index contributed by atoms with van der Waals surface area (Å²) in [5, 5.41) is 10.8. The average Bonchev–Trinajstić information content (AvgIpc) is 2.07. The molecule has 0 aromatic heterocycles. The van der Waals surface area contributed by atoms with Gasteiger partial charge in [0.05, 0.1) is 0 Å². The van der Waals surface area contributed by atoms with E-state index in [1.54, 1.807) is 0 Å². The molecule has 0 aliphatic rings. The summed E-state index contributed by atoms with van der Waals surface area (Å²) >= 11 is 0. The molecule has 0 aliphatic heterocycles. The van der Waals surface area contributed by atoms with Gasteiger partial charge in [0.15, 0.2) is 0 Å². The third-order valence-electron chi connectivity index (χ3n) is 1.48. The topological polar surface area (TPSA) is 81.8 Å². The zero-order valence-corrected chi connectivity index (χ0v) is 8.52. The Balaban J connectivity index is -0.000000140. The summed E-state index contributed by atoms with van der Waals surface area (Å²) < 4.78 is 0. The minimum atomic E-state index is 0.750. The molecular weight excluding hydrogens is 168 g/mol. The van der Waals surface area contributed by atoms with Crippen molar-refractivity contribution in [2.45, 2.75) is 40.0 Å². The van der Waals surface area contributed by atoms with E-state index >= 15 is 0 Å². The number of rotatable bonds is 3. The highest BCUT2D eigenvalue weighted by Crippen LogP contribution is 2.07. The molecule has 0 amide bonds.